The van der Waals surface area contributed by atoms with Crippen molar-refractivity contribution < 1.29 is 34.3 Å². The highest BCUT2D eigenvalue weighted by molar-refractivity contribution is 8.00. The van der Waals surface area contributed by atoms with Crippen molar-refractivity contribution in [2.75, 3.05) is 25.1 Å². The number of anilines is 1. The number of nitrogen functional groups attached to an aromatic ring is 1. The molecule has 174 valence electrons. The van der Waals surface area contributed by atoms with E-state index < -0.39 is 34.9 Å². The smallest absolute Gasteiger partial charge is 0.352 e. The van der Waals surface area contributed by atoms with E-state index in [0.29, 0.717) is 24.1 Å². The number of nitrogens with zero attached hydrogens (tertiary/aromatic N) is 4. The molecule has 3 aliphatic heterocycles. The fourth-order valence-corrected chi connectivity index (χ4v) is 5.54. The Kier molecular flexibility index (Phi) is 6.09. The molecule has 33 heavy (non-hydrogen) atoms. The van der Waals surface area contributed by atoms with Gasteiger partial charge in [-0.3, -0.25) is 24.1 Å². The molecule has 2 fully saturated rings. The topological polar surface area (TPSA) is 188 Å². The van der Waals surface area contributed by atoms with E-state index in [1.54, 1.807) is 0 Å². The first kappa shape index (κ1) is 22.8. The fraction of sp³-hybridized carbons (Fsp3) is 0.333. The number of rotatable bonds is 6. The molecule has 13 nitrogen and oxygen atoms in total. The number of aliphatic carboxylic acids is 1. The minimum Gasteiger partial charge on any atom is -0.477 e. The molecule has 3 aliphatic rings. The first-order valence-corrected chi connectivity index (χ1v) is 11.4. The number of hydrogen-bond donors (Lipinski definition) is 4. The predicted octanol–water partition coefficient (Wildman–Crippen LogP) is -0.638. The van der Waals surface area contributed by atoms with Crippen LogP contribution in [0.2, 0.25) is 0 Å². The summed E-state index contributed by atoms with van der Waals surface area (Å²) in [4.78, 5) is 59.5. The zero-order valence-electron chi connectivity index (χ0n) is 17.0. The number of carboxylic acid groups (broad SMARTS) is 1. The largest absolute Gasteiger partial charge is 0.477 e. The third-order valence-corrected chi connectivity index (χ3v) is 7.20. The Morgan fingerprint density at radius 3 is 2.76 bits per heavy atom. The number of hydrogen-bond acceptors (Lipinski definition) is 11. The highest BCUT2D eigenvalue weighted by Gasteiger charge is 2.54. The Morgan fingerprint density at radius 2 is 2.18 bits per heavy atom. The van der Waals surface area contributed by atoms with E-state index in [1.165, 1.54) is 35.4 Å². The molecule has 2 atom stereocenters. The van der Waals surface area contributed by atoms with Gasteiger partial charge in [0, 0.05) is 16.7 Å². The van der Waals surface area contributed by atoms with Crippen molar-refractivity contribution in [3.8, 4) is 0 Å². The van der Waals surface area contributed by atoms with Gasteiger partial charge in [0.15, 0.2) is 10.8 Å². The number of carboxylic acids is 1. The Hall–Kier alpha value is -3.43. The molecule has 0 radical (unpaired) electrons. The molecular weight excluding hydrogens is 476 g/mol. The number of nitrogens with two attached hydrogens (primary N) is 1. The lowest BCUT2D eigenvalue weighted by atomic mass is 10.0. The van der Waals surface area contributed by atoms with Crippen LogP contribution in [0, 0.1) is 0 Å². The third kappa shape index (κ3) is 3.94. The molecule has 0 bridgehead atoms. The lowest BCUT2D eigenvalue weighted by Gasteiger charge is -2.49. The maximum atomic E-state index is 12.8. The van der Waals surface area contributed by atoms with Crippen LogP contribution in [-0.2, 0) is 24.0 Å². The summed E-state index contributed by atoms with van der Waals surface area (Å²) in [6.45, 7) is 0.350. The molecule has 0 aliphatic carbocycles. The average molecular weight is 495 g/mol. The molecule has 4 heterocycles. The number of thiazole rings is 1. The quantitative estimate of drug-likeness (QED) is 0.130. The van der Waals surface area contributed by atoms with Crippen LogP contribution in [0.1, 0.15) is 12.1 Å². The van der Waals surface area contributed by atoms with Crippen LogP contribution in [0.5, 0.6) is 0 Å². The first-order valence-electron chi connectivity index (χ1n) is 9.48. The van der Waals surface area contributed by atoms with Gasteiger partial charge in [-0.15, -0.1) is 23.1 Å². The third-order valence-electron chi connectivity index (χ3n) is 5.22. The van der Waals surface area contributed by atoms with E-state index in [4.69, 9.17) is 10.6 Å². The minimum absolute atomic E-state index is 0.0452. The van der Waals surface area contributed by atoms with Crippen LogP contribution < -0.4 is 11.1 Å². The minimum atomic E-state index is -1.32. The maximum absolute atomic E-state index is 12.8. The van der Waals surface area contributed by atoms with Crippen LogP contribution >= 0.6 is 23.1 Å². The molecule has 0 saturated carbocycles. The number of fused-ring (bicyclic) bond motifs is 1. The number of amides is 3. The summed E-state index contributed by atoms with van der Waals surface area (Å²) in [6, 6.07) is -1.03. The number of allylic oxidation sites excluding steroid dienone is 1. The Labute approximate surface area is 194 Å². The van der Waals surface area contributed by atoms with Crippen molar-refractivity contribution in [2.45, 2.75) is 17.8 Å². The molecule has 1 aromatic heterocycles. The number of nitrogens with one attached hydrogen (secondary N) is 1. The van der Waals surface area contributed by atoms with Crippen LogP contribution in [0.3, 0.4) is 0 Å². The van der Waals surface area contributed by atoms with Crippen LogP contribution in [0.25, 0.3) is 0 Å². The van der Waals surface area contributed by atoms with Gasteiger partial charge in [0.1, 0.15) is 22.8 Å². The molecule has 0 aromatic carbocycles. The molecule has 4 rings (SSSR count). The second-order valence-corrected chi connectivity index (χ2v) is 9.06. The summed E-state index contributed by atoms with van der Waals surface area (Å²) < 4.78 is 0. The van der Waals surface area contributed by atoms with Crippen molar-refractivity contribution >= 4 is 57.6 Å². The van der Waals surface area contributed by atoms with E-state index in [0.717, 1.165) is 16.2 Å². The molecule has 2 saturated heterocycles. The predicted molar refractivity (Wildman–Crippen MR) is 116 cm³/mol. The van der Waals surface area contributed by atoms with Gasteiger partial charge in [-0.05, 0) is 18.1 Å². The standard InChI is InChI=1S/C18H18N6O7S2/c1-31-23-3-2-7(14(23)26)4-8-5-32-16-11(15(27)24(16)12(8)17(28)29)21-13(25)10(22-30)9-6-33-18(19)20-9/h4,6,11,16,30H,2-3,5H2,1H3,(H2,19,20)(H,21,25)(H,28,29). The van der Waals surface area contributed by atoms with Crippen LogP contribution in [0.4, 0.5) is 5.13 Å². The van der Waals surface area contributed by atoms with E-state index in [2.05, 4.69) is 15.5 Å². The van der Waals surface area contributed by atoms with Crippen molar-refractivity contribution in [1.82, 2.24) is 20.3 Å². The number of carbonyl (C=O) groups excluding carboxylic acids is 3. The number of oxime groups is 1. The van der Waals surface area contributed by atoms with Crippen molar-refractivity contribution in [1.29, 1.82) is 0 Å². The molecule has 3 amide bonds. The van der Waals surface area contributed by atoms with Crippen molar-refractivity contribution in [3.63, 3.8) is 0 Å². The zero-order valence-corrected chi connectivity index (χ0v) is 18.7. The SMILES string of the molecule is CON1CCC(=CC2=C(C(=O)O)N3C(=O)C(NC(=O)C(=NO)c4csc(N)n4)C3SC2)C1=O. The number of hydroxylamine groups is 2. The summed E-state index contributed by atoms with van der Waals surface area (Å²) in [6.07, 6.45) is 1.87. The molecule has 2 unspecified atom stereocenters. The van der Waals surface area contributed by atoms with Gasteiger partial charge >= 0.3 is 5.97 Å². The monoisotopic (exact) mass is 494 g/mol. The van der Waals surface area contributed by atoms with E-state index in [-0.39, 0.29) is 28.2 Å². The number of carbonyl (C=O) groups is 4. The molecular formula is C18H18N6O7S2. The molecule has 0 spiro atoms. The van der Waals surface area contributed by atoms with Crippen molar-refractivity contribution in [2.24, 2.45) is 5.16 Å². The summed E-state index contributed by atoms with van der Waals surface area (Å²) >= 11 is 2.28. The molecule has 1 aromatic rings. The zero-order chi connectivity index (χ0) is 23.9. The number of thioether (sulfide) groups is 1. The molecule has 5 N–H and O–H groups in total. The van der Waals surface area contributed by atoms with Gasteiger partial charge in [0.05, 0.1) is 13.7 Å². The summed E-state index contributed by atoms with van der Waals surface area (Å²) in [5, 5.41) is 26.5. The summed E-state index contributed by atoms with van der Waals surface area (Å²) in [5.41, 5.74) is 5.62. The Bertz CT molecular complexity index is 1140. The van der Waals surface area contributed by atoms with Crippen LogP contribution in [-0.4, -0.2) is 85.5 Å². The summed E-state index contributed by atoms with van der Waals surface area (Å²) in [7, 11) is 1.37. The second kappa shape index (κ2) is 8.84. The van der Waals surface area contributed by atoms with E-state index in [9.17, 15) is 29.5 Å². The number of aromatic nitrogens is 1. The van der Waals surface area contributed by atoms with Gasteiger partial charge in [-0.2, -0.15) is 0 Å². The first-order chi connectivity index (χ1) is 15.8. The van der Waals surface area contributed by atoms with Gasteiger partial charge in [-0.1, -0.05) is 5.16 Å². The average Bonchev–Trinajstić information content (AvgIpc) is 3.37. The van der Waals surface area contributed by atoms with Crippen molar-refractivity contribution in [3.05, 3.63) is 34.0 Å². The summed E-state index contributed by atoms with van der Waals surface area (Å²) in [5.74, 6) is -2.97. The molecule has 15 heteroatoms. The Morgan fingerprint density at radius 1 is 1.42 bits per heavy atom. The van der Waals surface area contributed by atoms with Gasteiger partial charge in [0.2, 0.25) is 0 Å². The maximum Gasteiger partial charge on any atom is 0.352 e. The van der Waals surface area contributed by atoms with Gasteiger partial charge in [0.25, 0.3) is 17.7 Å². The van der Waals surface area contributed by atoms with E-state index >= 15 is 0 Å². The lowest BCUT2D eigenvalue weighted by molar-refractivity contribution is -0.164. The number of β-lactam (4-membered cyclic amide) rings is 1. The lowest BCUT2D eigenvalue weighted by Crippen LogP contribution is -2.71. The van der Waals surface area contributed by atoms with Crippen LogP contribution in [0.15, 0.2) is 33.5 Å². The normalized spacial score (nSPS) is 24.3. The van der Waals surface area contributed by atoms with E-state index in [1.807, 2.05) is 0 Å². The van der Waals surface area contributed by atoms with Gasteiger partial charge < -0.3 is 21.4 Å². The Balaban J connectivity index is 1.54. The van der Waals surface area contributed by atoms with Gasteiger partial charge in [-0.25, -0.2) is 14.8 Å². The fourth-order valence-electron chi connectivity index (χ4n) is 3.68. The highest BCUT2D eigenvalue weighted by atomic mass is 32.2. The highest BCUT2D eigenvalue weighted by Crippen LogP contribution is 2.41. The second-order valence-electron chi connectivity index (χ2n) is 7.07.